The van der Waals surface area contributed by atoms with Crippen molar-refractivity contribution in [3.63, 3.8) is 0 Å². The molecule has 1 heterocycles. The SMILES string of the molecule is CCOc1ccc2c(c1)CN(C=O)C2. The van der Waals surface area contributed by atoms with E-state index >= 15 is 0 Å². The molecule has 0 saturated heterocycles. The first-order valence-electron chi connectivity index (χ1n) is 4.77. The predicted octanol–water partition coefficient (Wildman–Crippen LogP) is 1.56. The molecule has 1 aliphatic heterocycles. The Hall–Kier alpha value is -1.51. The zero-order valence-electron chi connectivity index (χ0n) is 8.19. The normalized spacial score (nSPS) is 13.9. The predicted molar refractivity (Wildman–Crippen MR) is 52.9 cm³/mol. The molecule has 0 aromatic heterocycles. The van der Waals surface area contributed by atoms with Gasteiger partial charge >= 0.3 is 0 Å². The molecule has 0 N–H and O–H groups in total. The highest BCUT2D eigenvalue weighted by Crippen LogP contribution is 2.25. The molecule has 1 aliphatic rings. The highest BCUT2D eigenvalue weighted by Gasteiger charge is 2.17. The molecule has 0 radical (unpaired) electrons. The standard InChI is InChI=1S/C11H13NO2/c1-2-14-11-4-3-9-6-12(8-13)7-10(9)5-11/h3-5,8H,2,6-7H2,1H3. The third-order valence-corrected chi connectivity index (χ3v) is 2.38. The van der Waals surface area contributed by atoms with E-state index in [-0.39, 0.29) is 0 Å². The number of hydrogen-bond acceptors (Lipinski definition) is 2. The summed E-state index contributed by atoms with van der Waals surface area (Å²) in [5.41, 5.74) is 2.42. The van der Waals surface area contributed by atoms with Crippen LogP contribution in [-0.4, -0.2) is 17.9 Å². The molecule has 0 atom stereocenters. The third-order valence-electron chi connectivity index (χ3n) is 2.38. The highest BCUT2D eigenvalue weighted by atomic mass is 16.5. The first-order chi connectivity index (χ1) is 6.83. The van der Waals surface area contributed by atoms with E-state index in [0.717, 1.165) is 18.7 Å². The minimum absolute atomic E-state index is 0.677. The fourth-order valence-electron chi connectivity index (χ4n) is 1.73. The maximum absolute atomic E-state index is 10.6. The topological polar surface area (TPSA) is 29.5 Å². The lowest BCUT2D eigenvalue weighted by molar-refractivity contribution is -0.118. The summed E-state index contributed by atoms with van der Waals surface area (Å²) < 4.78 is 5.39. The fourth-order valence-corrected chi connectivity index (χ4v) is 1.73. The summed E-state index contributed by atoms with van der Waals surface area (Å²) in [5, 5.41) is 0. The Bertz CT molecular complexity index is 349. The average molecular weight is 191 g/mol. The quantitative estimate of drug-likeness (QED) is 0.678. The van der Waals surface area contributed by atoms with Crippen LogP contribution in [-0.2, 0) is 17.9 Å². The van der Waals surface area contributed by atoms with Gasteiger partial charge in [0, 0.05) is 13.1 Å². The molecule has 1 amide bonds. The number of rotatable bonds is 3. The van der Waals surface area contributed by atoms with Crippen molar-refractivity contribution in [3.8, 4) is 5.75 Å². The first-order valence-corrected chi connectivity index (χ1v) is 4.77. The molecule has 74 valence electrons. The van der Waals surface area contributed by atoms with Crippen molar-refractivity contribution in [2.24, 2.45) is 0 Å². The Balaban J connectivity index is 2.21. The molecule has 0 unspecified atom stereocenters. The minimum Gasteiger partial charge on any atom is -0.494 e. The van der Waals surface area contributed by atoms with Crippen molar-refractivity contribution < 1.29 is 9.53 Å². The molecule has 0 fully saturated rings. The monoisotopic (exact) mass is 191 g/mol. The Morgan fingerprint density at radius 1 is 1.43 bits per heavy atom. The van der Waals surface area contributed by atoms with Gasteiger partial charge in [0.05, 0.1) is 6.61 Å². The first kappa shape index (κ1) is 9.06. The number of carbonyl (C=O) groups is 1. The Labute approximate surface area is 83.3 Å². The van der Waals surface area contributed by atoms with Crippen LogP contribution in [0.1, 0.15) is 18.1 Å². The van der Waals surface area contributed by atoms with E-state index in [1.165, 1.54) is 11.1 Å². The molecule has 0 saturated carbocycles. The second-order valence-electron chi connectivity index (χ2n) is 3.37. The molecule has 0 bridgehead atoms. The van der Waals surface area contributed by atoms with E-state index in [1.807, 2.05) is 25.1 Å². The van der Waals surface area contributed by atoms with Gasteiger partial charge in [-0.05, 0) is 30.2 Å². The number of carbonyl (C=O) groups excluding carboxylic acids is 1. The van der Waals surface area contributed by atoms with Crippen LogP contribution in [0.4, 0.5) is 0 Å². The summed E-state index contributed by atoms with van der Waals surface area (Å²) in [4.78, 5) is 12.3. The highest BCUT2D eigenvalue weighted by molar-refractivity contribution is 5.51. The summed E-state index contributed by atoms with van der Waals surface area (Å²) in [6.45, 7) is 4.08. The van der Waals surface area contributed by atoms with Crippen LogP contribution < -0.4 is 4.74 Å². The van der Waals surface area contributed by atoms with Crippen LogP contribution in [0.3, 0.4) is 0 Å². The van der Waals surface area contributed by atoms with E-state index in [9.17, 15) is 4.79 Å². The number of nitrogens with zero attached hydrogens (tertiary/aromatic N) is 1. The largest absolute Gasteiger partial charge is 0.494 e. The number of ether oxygens (including phenoxy) is 1. The van der Waals surface area contributed by atoms with Gasteiger partial charge in [0.15, 0.2) is 0 Å². The van der Waals surface area contributed by atoms with Crippen molar-refractivity contribution in [2.75, 3.05) is 6.61 Å². The molecule has 1 aromatic rings. The molecule has 1 aromatic carbocycles. The zero-order chi connectivity index (χ0) is 9.97. The van der Waals surface area contributed by atoms with Gasteiger partial charge in [0.25, 0.3) is 0 Å². The lowest BCUT2D eigenvalue weighted by atomic mass is 10.1. The molecule has 0 spiro atoms. The minimum atomic E-state index is 0.677. The van der Waals surface area contributed by atoms with E-state index in [0.29, 0.717) is 13.2 Å². The second-order valence-corrected chi connectivity index (χ2v) is 3.37. The number of benzene rings is 1. The summed E-state index contributed by atoms with van der Waals surface area (Å²) in [6, 6.07) is 6.00. The Kier molecular flexibility index (Phi) is 2.39. The second kappa shape index (κ2) is 3.70. The van der Waals surface area contributed by atoms with Crippen molar-refractivity contribution >= 4 is 6.41 Å². The van der Waals surface area contributed by atoms with Gasteiger partial charge in [0.1, 0.15) is 5.75 Å². The number of hydrogen-bond donors (Lipinski definition) is 0. The van der Waals surface area contributed by atoms with Crippen molar-refractivity contribution in [1.29, 1.82) is 0 Å². The molecular weight excluding hydrogens is 178 g/mol. The Morgan fingerprint density at radius 2 is 2.21 bits per heavy atom. The van der Waals surface area contributed by atoms with Crippen molar-refractivity contribution in [1.82, 2.24) is 4.90 Å². The van der Waals surface area contributed by atoms with Crippen LogP contribution in [0.15, 0.2) is 18.2 Å². The molecular formula is C11H13NO2. The smallest absolute Gasteiger partial charge is 0.210 e. The van der Waals surface area contributed by atoms with Crippen LogP contribution >= 0.6 is 0 Å². The van der Waals surface area contributed by atoms with E-state index in [2.05, 4.69) is 0 Å². The average Bonchev–Trinajstić information content (AvgIpc) is 2.60. The summed E-state index contributed by atoms with van der Waals surface area (Å²) >= 11 is 0. The van der Waals surface area contributed by atoms with Crippen LogP contribution in [0, 0.1) is 0 Å². The molecule has 3 heteroatoms. The van der Waals surface area contributed by atoms with Crippen LogP contribution in [0.2, 0.25) is 0 Å². The fraction of sp³-hybridized carbons (Fsp3) is 0.364. The lowest BCUT2D eigenvalue weighted by Gasteiger charge is -2.04. The Morgan fingerprint density at radius 3 is 2.93 bits per heavy atom. The molecule has 2 rings (SSSR count). The maximum atomic E-state index is 10.6. The van der Waals surface area contributed by atoms with Gasteiger partial charge in [0.2, 0.25) is 6.41 Å². The summed E-state index contributed by atoms with van der Waals surface area (Å²) in [7, 11) is 0. The third kappa shape index (κ3) is 1.58. The van der Waals surface area contributed by atoms with Gasteiger partial charge < -0.3 is 9.64 Å². The van der Waals surface area contributed by atoms with Gasteiger partial charge in [-0.3, -0.25) is 4.79 Å². The zero-order valence-corrected chi connectivity index (χ0v) is 8.19. The van der Waals surface area contributed by atoms with E-state index in [4.69, 9.17) is 4.74 Å². The molecule has 14 heavy (non-hydrogen) atoms. The van der Waals surface area contributed by atoms with Crippen molar-refractivity contribution in [2.45, 2.75) is 20.0 Å². The van der Waals surface area contributed by atoms with Crippen molar-refractivity contribution in [3.05, 3.63) is 29.3 Å². The van der Waals surface area contributed by atoms with Crippen LogP contribution in [0.25, 0.3) is 0 Å². The summed E-state index contributed by atoms with van der Waals surface area (Å²) in [6.07, 6.45) is 0.889. The van der Waals surface area contributed by atoms with E-state index < -0.39 is 0 Å². The lowest BCUT2D eigenvalue weighted by Crippen LogP contribution is -2.12. The number of amides is 1. The van der Waals surface area contributed by atoms with Crippen LogP contribution in [0.5, 0.6) is 5.75 Å². The number of fused-ring (bicyclic) bond motifs is 1. The molecule has 3 nitrogen and oxygen atoms in total. The maximum Gasteiger partial charge on any atom is 0.210 e. The molecule has 0 aliphatic carbocycles. The van der Waals surface area contributed by atoms with Gasteiger partial charge in [-0.2, -0.15) is 0 Å². The van der Waals surface area contributed by atoms with Gasteiger partial charge in [-0.25, -0.2) is 0 Å². The van der Waals surface area contributed by atoms with Gasteiger partial charge in [-0.1, -0.05) is 6.07 Å². The van der Waals surface area contributed by atoms with Gasteiger partial charge in [-0.15, -0.1) is 0 Å². The summed E-state index contributed by atoms with van der Waals surface area (Å²) in [5.74, 6) is 0.888. The van der Waals surface area contributed by atoms with E-state index in [1.54, 1.807) is 4.90 Å².